The number of ether oxygens (including phenoxy) is 1. The van der Waals surface area contributed by atoms with Gasteiger partial charge in [-0.05, 0) is 66.8 Å². The maximum Gasteiger partial charge on any atom is 0.244 e. The van der Waals surface area contributed by atoms with Gasteiger partial charge in [0.25, 0.3) is 0 Å². The first-order chi connectivity index (χ1) is 17.9. The number of halogens is 2. The number of aromatic nitrogens is 1. The molecular weight excluding hydrogens is 497 g/mol. The Morgan fingerprint density at radius 3 is 2.54 bits per heavy atom. The molecule has 37 heavy (non-hydrogen) atoms. The molecule has 2 N–H and O–H groups in total. The Balaban J connectivity index is 1.31. The number of anilines is 1. The van der Waals surface area contributed by atoms with Gasteiger partial charge in [-0.1, -0.05) is 29.8 Å². The van der Waals surface area contributed by atoms with Gasteiger partial charge >= 0.3 is 0 Å². The van der Waals surface area contributed by atoms with E-state index in [0.29, 0.717) is 34.9 Å². The number of hydrogen-bond acceptors (Lipinski definition) is 6. The van der Waals surface area contributed by atoms with Gasteiger partial charge in [0.1, 0.15) is 11.7 Å². The van der Waals surface area contributed by atoms with Crippen LogP contribution in [0, 0.1) is 17.8 Å². The van der Waals surface area contributed by atoms with Crippen molar-refractivity contribution in [2.24, 2.45) is 16.8 Å². The predicted octanol–water partition coefficient (Wildman–Crippen LogP) is 4.62. The van der Waals surface area contributed by atoms with Crippen LogP contribution in [0.25, 0.3) is 0 Å². The van der Waals surface area contributed by atoms with Crippen LogP contribution in [-0.2, 0) is 16.1 Å². The van der Waals surface area contributed by atoms with E-state index in [1.165, 1.54) is 17.0 Å². The lowest BCUT2D eigenvalue weighted by Gasteiger charge is -2.32. The highest BCUT2D eigenvalue weighted by atomic mass is 35.5. The Hall–Kier alpha value is -3.98. The molecule has 0 spiro atoms. The Kier molecular flexibility index (Phi) is 7.32. The second-order valence-electron chi connectivity index (χ2n) is 9.01. The van der Waals surface area contributed by atoms with Crippen LogP contribution in [0.5, 0.6) is 11.6 Å². The fraction of sp³-hybridized carbons (Fsp3) is 0.259. The lowest BCUT2D eigenvalue weighted by atomic mass is 10.0. The number of hydrogen-bond donors (Lipinski definition) is 2. The maximum absolute atomic E-state index is 13.4. The van der Waals surface area contributed by atoms with Crippen molar-refractivity contribution < 1.29 is 18.7 Å². The second kappa shape index (κ2) is 11.0. The van der Waals surface area contributed by atoms with Gasteiger partial charge in [0, 0.05) is 23.3 Å². The van der Waals surface area contributed by atoms with Gasteiger partial charge < -0.3 is 15.4 Å². The fourth-order valence-electron chi connectivity index (χ4n) is 3.85. The van der Waals surface area contributed by atoms with Gasteiger partial charge in [-0.2, -0.15) is 9.37 Å². The summed E-state index contributed by atoms with van der Waals surface area (Å²) < 4.78 is 18.9. The molecule has 1 atom stereocenters. The summed E-state index contributed by atoms with van der Waals surface area (Å²) in [6.45, 7) is 0.871. The van der Waals surface area contributed by atoms with E-state index in [-0.39, 0.29) is 30.8 Å². The zero-order valence-electron chi connectivity index (χ0n) is 19.9. The number of benzene rings is 2. The molecule has 1 unspecified atom stereocenters. The summed E-state index contributed by atoms with van der Waals surface area (Å²) >= 11 is 6.02. The van der Waals surface area contributed by atoms with Crippen molar-refractivity contribution >= 4 is 35.1 Å². The molecule has 2 aliphatic rings. The Bertz CT molecular complexity index is 1310. The van der Waals surface area contributed by atoms with Crippen LogP contribution >= 0.6 is 11.6 Å². The number of rotatable bonds is 8. The lowest BCUT2D eigenvalue weighted by molar-refractivity contribution is -0.140. The zero-order chi connectivity index (χ0) is 25.8. The van der Waals surface area contributed by atoms with Crippen LogP contribution in [0.3, 0.4) is 0 Å². The average Bonchev–Trinajstić information content (AvgIpc) is 3.72. The number of nitrogens with one attached hydrogen (secondary N) is 2. The number of carbonyl (C=O) groups excluding carboxylic acids is 2. The van der Waals surface area contributed by atoms with Crippen molar-refractivity contribution in [1.29, 1.82) is 0 Å². The standard InChI is InChI=1S/C27H25ClFN5O3/c28-19-8-6-18(7-9-19)16-34-26(36)22(25(35)30-14-17-4-5-17)15-31-27(34)32-20-10-12-21(13-11-20)37-24-3-1-2-23(29)33-24/h1-3,6-13,17,22H,4-5,14-16H2,(H,30,35)(H,31,32). The molecule has 0 radical (unpaired) electrons. The van der Waals surface area contributed by atoms with Crippen LogP contribution in [-0.4, -0.2) is 40.7 Å². The number of aliphatic imine (C=N–C) groups is 1. The van der Waals surface area contributed by atoms with Gasteiger partial charge in [0.05, 0.1) is 13.1 Å². The number of nitrogens with zero attached hydrogens (tertiary/aromatic N) is 3. The van der Waals surface area contributed by atoms with Crippen LogP contribution in [0.2, 0.25) is 5.02 Å². The largest absolute Gasteiger partial charge is 0.439 e. The molecular formula is C27H25ClFN5O3. The van der Waals surface area contributed by atoms with Gasteiger partial charge in [-0.25, -0.2) is 0 Å². The van der Waals surface area contributed by atoms with E-state index < -0.39 is 11.9 Å². The molecule has 1 aliphatic heterocycles. The quantitative estimate of drug-likeness (QED) is 0.333. The maximum atomic E-state index is 13.4. The van der Waals surface area contributed by atoms with Crippen molar-refractivity contribution in [3.8, 4) is 11.6 Å². The third kappa shape index (κ3) is 6.42. The van der Waals surface area contributed by atoms with E-state index in [1.54, 1.807) is 42.5 Å². The molecule has 1 aromatic heterocycles. The molecule has 190 valence electrons. The minimum atomic E-state index is -0.883. The third-order valence-corrected chi connectivity index (χ3v) is 6.35. The predicted molar refractivity (Wildman–Crippen MR) is 138 cm³/mol. The van der Waals surface area contributed by atoms with Crippen LogP contribution in [0.15, 0.2) is 71.7 Å². The fourth-order valence-corrected chi connectivity index (χ4v) is 3.98. The van der Waals surface area contributed by atoms with E-state index >= 15 is 0 Å². The first kappa shape index (κ1) is 24.7. The highest BCUT2D eigenvalue weighted by molar-refractivity contribution is 6.30. The average molecular weight is 522 g/mol. The van der Waals surface area contributed by atoms with Crippen LogP contribution < -0.4 is 15.4 Å². The van der Waals surface area contributed by atoms with Crippen molar-refractivity contribution in [1.82, 2.24) is 15.2 Å². The number of carbonyl (C=O) groups is 2. The van der Waals surface area contributed by atoms with E-state index in [4.69, 9.17) is 16.3 Å². The molecule has 10 heteroatoms. The summed E-state index contributed by atoms with van der Waals surface area (Å²) in [5.74, 6) is -0.670. The van der Waals surface area contributed by atoms with Gasteiger partial charge in [-0.15, -0.1) is 0 Å². The van der Waals surface area contributed by atoms with Gasteiger partial charge in [0.2, 0.25) is 29.6 Å². The van der Waals surface area contributed by atoms with Crippen LogP contribution in [0.4, 0.5) is 10.1 Å². The Morgan fingerprint density at radius 2 is 1.84 bits per heavy atom. The number of pyridine rings is 1. The Morgan fingerprint density at radius 1 is 1.08 bits per heavy atom. The van der Waals surface area contributed by atoms with Crippen LogP contribution in [0.1, 0.15) is 18.4 Å². The minimum absolute atomic E-state index is 0.0568. The van der Waals surface area contributed by atoms with Crippen molar-refractivity contribution in [3.05, 3.63) is 83.3 Å². The SMILES string of the molecule is O=C(NCC1CC1)C1CN=C(Nc2ccc(Oc3cccc(F)n3)cc2)N(Cc2ccc(Cl)cc2)C1=O. The van der Waals surface area contributed by atoms with Crippen molar-refractivity contribution in [2.75, 3.05) is 18.4 Å². The van der Waals surface area contributed by atoms with E-state index in [9.17, 15) is 14.0 Å². The highest BCUT2D eigenvalue weighted by Crippen LogP contribution is 2.28. The topological polar surface area (TPSA) is 95.9 Å². The van der Waals surface area contributed by atoms with Crippen molar-refractivity contribution in [2.45, 2.75) is 19.4 Å². The molecule has 1 saturated carbocycles. The molecule has 1 aliphatic carbocycles. The summed E-state index contributed by atoms with van der Waals surface area (Å²) in [5, 5.41) is 6.67. The molecule has 0 saturated heterocycles. The molecule has 2 heterocycles. The normalized spacial score (nSPS) is 17.2. The summed E-state index contributed by atoms with van der Waals surface area (Å²) in [7, 11) is 0. The third-order valence-electron chi connectivity index (χ3n) is 6.10. The monoisotopic (exact) mass is 521 g/mol. The number of guanidine groups is 1. The molecule has 1 fully saturated rings. The molecule has 5 rings (SSSR count). The van der Waals surface area contributed by atoms with E-state index in [2.05, 4.69) is 20.6 Å². The molecule has 0 bridgehead atoms. The van der Waals surface area contributed by atoms with E-state index in [1.807, 2.05) is 12.1 Å². The summed E-state index contributed by atoms with van der Waals surface area (Å²) in [4.78, 5) is 35.9. The molecule has 8 nitrogen and oxygen atoms in total. The second-order valence-corrected chi connectivity index (χ2v) is 9.44. The minimum Gasteiger partial charge on any atom is -0.439 e. The summed E-state index contributed by atoms with van der Waals surface area (Å²) in [6.07, 6.45) is 2.22. The molecule has 3 aromatic rings. The highest BCUT2D eigenvalue weighted by Gasteiger charge is 2.37. The first-order valence-electron chi connectivity index (χ1n) is 12.0. The van der Waals surface area contributed by atoms with Gasteiger partial charge in [-0.3, -0.25) is 19.5 Å². The number of amides is 2. The molecule has 2 aromatic carbocycles. The zero-order valence-corrected chi connectivity index (χ0v) is 20.6. The first-order valence-corrected chi connectivity index (χ1v) is 12.4. The molecule has 2 amide bonds. The summed E-state index contributed by atoms with van der Waals surface area (Å²) in [5.41, 5.74) is 1.50. The Labute approximate surface area is 218 Å². The lowest BCUT2D eigenvalue weighted by Crippen LogP contribution is -2.52. The van der Waals surface area contributed by atoms with Crippen molar-refractivity contribution in [3.63, 3.8) is 0 Å². The van der Waals surface area contributed by atoms with E-state index in [0.717, 1.165) is 18.4 Å². The van der Waals surface area contributed by atoms with Gasteiger partial charge in [0.15, 0.2) is 0 Å². The summed E-state index contributed by atoms with van der Waals surface area (Å²) in [6, 6.07) is 18.4. The smallest absolute Gasteiger partial charge is 0.244 e.